The minimum Gasteiger partial charge on any atom is -0.0998 e. The van der Waals surface area contributed by atoms with Crippen molar-refractivity contribution in [2.24, 2.45) is 0 Å². The predicted octanol–water partition coefficient (Wildman–Crippen LogP) is 4.35. The lowest BCUT2D eigenvalue weighted by Gasteiger charge is -2.14. The summed E-state index contributed by atoms with van der Waals surface area (Å²) in [4.78, 5) is 0. The van der Waals surface area contributed by atoms with Gasteiger partial charge < -0.3 is 0 Å². The molecule has 0 spiro atoms. The van der Waals surface area contributed by atoms with Gasteiger partial charge in [-0.1, -0.05) is 49.4 Å². The molecule has 1 atom stereocenters. The van der Waals surface area contributed by atoms with Gasteiger partial charge in [0.05, 0.1) is 0 Å². The number of hydrogen-bond donors (Lipinski definition) is 0. The van der Waals surface area contributed by atoms with Gasteiger partial charge in [-0.15, -0.1) is 0 Å². The fourth-order valence-corrected chi connectivity index (χ4v) is 1.61. The van der Waals surface area contributed by atoms with E-state index in [9.17, 15) is 0 Å². The summed E-state index contributed by atoms with van der Waals surface area (Å²) < 4.78 is 0. The van der Waals surface area contributed by atoms with Gasteiger partial charge in [-0.2, -0.15) is 0 Å². The molecule has 1 aromatic carbocycles. The summed E-state index contributed by atoms with van der Waals surface area (Å²) in [5, 5.41) is 0. The van der Waals surface area contributed by atoms with Crippen LogP contribution in [0.5, 0.6) is 0 Å². The molecule has 0 bridgehead atoms. The second-order valence-corrected chi connectivity index (χ2v) is 3.80. The third-order valence-electron chi connectivity index (χ3n) is 2.51. The third-order valence-corrected chi connectivity index (χ3v) is 2.51. The van der Waals surface area contributed by atoms with E-state index in [1.807, 2.05) is 0 Å². The predicted molar refractivity (Wildman–Crippen MR) is 63.2 cm³/mol. The Morgan fingerprint density at radius 3 is 2.50 bits per heavy atom. The van der Waals surface area contributed by atoms with Gasteiger partial charge in [0.2, 0.25) is 0 Å². The molecule has 0 heteroatoms. The standard InChI is InChI=1S/C14H19/c1-4-13(11-10-12(2)3)14-8-6-5-7-9-14/h5-10,13H,2,4,11H2,1,3H3. The highest BCUT2D eigenvalue weighted by Crippen LogP contribution is 2.25. The molecule has 1 aromatic rings. The van der Waals surface area contributed by atoms with Crippen molar-refractivity contribution >= 4 is 0 Å². The smallest absolute Gasteiger partial charge is 0.0137 e. The van der Waals surface area contributed by atoms with Crippen molar-refractivity contribution in [1.29, 1.82) is 0 Å². The summed E-state index contributed by atoms with van der Waals surface area (Å²) in [7, 11) is 0. The molecule has 0 aliphatic carbocycles. The molecule has 1 radical (unpaired) electrons. The molecule has 0 saturated heterocycles. The van der Waals surface area contributed by atoms with Crippen LogP contribution in [-0.2, 0) is 0 Å². The highest BCUT2D eigenvalue weighted by molar-refractivity contribution is 5.21. The highest BCUT2D eigenvalue weighted by atomic mass is 14.1. The average Bonchev–Trinajstić information content (AvgIpc) is 2.20. The maximum atomic E-state index is 3.90. The van der Waals surface area contributed by atoms with Crippen LogP contribution in [0.1, 0.15) is 38.2 Å². The van der Waals surface area contributed by atoms with Crippen LogP contribution in [0.3, 0.4) is 0 Å². The second-order valence-electron chi connectivity index (χ2n) is 3.80. The zero-order chi connectivity index (χ0) is 10.4. The number of hydrogen-bond acceptors (Lipinski definition) is 0. The van der Waals surface area contributed by atoms with Crippen LogP contribution in [0.4, 0.5) is 0 Å². The Balaban J connectivity index is 2.58. The Kier molecular flexibility index (Phi) is 4.45. The Hall–Kier alpha value is -1.04. The van der Waals surface area contributed by atoms with Gasteiger partial charge in [0.25, 0.3) is 0 Å². The molecule has 0 aliphatic rings. The van der Waals surface area contributed by atoms with Gasteiger partial charge >= 0.3 is 0 Å². The summed E-state index contributed by atoms with van der Waals surface area (Å²) >= 11 is 0. The normalized spacial score (nSPS) is 12.4. The molecule has 0 aliphatic heterocycles. The van der Waals surface area contributed by atoms with Crippen LogP contribution < -0.4 is 0 Å². The first-order chi connectivity index (χ1) is 6.74. The zero-order valence-corrected chi connectivity index (χ0v) is 9.16. The van der Waals surface area contributed by atoms with E-state index in [2.05, 4.69) is 57.2 Å². The van der Waals surface area contributed by atoms with Crippen molar-refractivity contribution in [3.05, 3.63) is 54.5 Å². The van der Waals surface area contributed by atoms with Gasteiger partial charge in [-0.25, -0.2) is 0 Å². The van der Waals surface area contributed by atoms with Crippen molar-refractivity contribution in [3.63, 3.8) is 0 Å². The van der Waals surface area contributed by atoms with Crippen LogP contribution >= 0.6 is 0 Å². The fraction of sp³-hybridized carbons (Fsp3) is 0.357. The maximum Gasteiger partial charge on any atom is -0.0137 e. The molecule has 1 rings (SSSR count). The molecule has 0 amide bonds. The highest BCUT2D eigenvalue weighted by Gasteiger charge is 2.08. The topological polar surface area (TPSA) is 0 Å². The summed E-state index contributed by atoms with van der Waals surface area (Å²) in [6, 6.07) is 10.7. The van der Waals surface area contributed by atoms with Crippen molar-refractivity contribution in [3.8, 4) is 0 Å². The van der Waals surface area contributed by atoms with E-state index in [0.29, 0.717) is 5.92 Å². The fourth-order valence-electron chi connectivity index (χ4n) is 1.61. The number of benzene rings is 1. The first-order valence-electron chi connectivity index (χ1n) is 5.27. The molecule has 0 N–H and O–H groups in total. The van der Waals surface area contributed by atoms with Crippen molar-refractivity contribution in [2.45, 2.75) is 32.6 Å². The molecule has 0 saturated carbocycles. The lowest BCUT2D eigenvalue weighted by Crippen LogP contribution is -1.97. The quantitative estimate of drug-likeness (QED) is 0.643. The summed E-state index contributed by atoms with van der Waals surface area (Å²) in [6.07, 6.45) is 4.52. The van der Waals surface area contributed by atoms with E-state index in [1.54, 1.807) is 0 Å². The molecule has 0 nitrogen and oxygen atoms in total. The van der Waals surface area contributed by atoms with Crippen LogP contribution in [0.25, 0.3) is 0 Å². The van der Waals surface area contributed by atoms with Gasteiger partial charge in [0.15, 0.2) is 0 Å². The summed E-state index contributed by atoms with van der Waals surface area (Å²) in [5.41, 5.74) is 2.60. The number of allylic oxidation sites excluding steroid dienone is 1. The Morgan fingerprint density at radius 2 is 2.00 bits per heavy atom. The van der Waals surface area contributed by atoms with Crippen LogP contribution in [-0.4, -0.2) is 0 Å². The van der Waals surface area contributed by atoms with Crippen LogP contribution in [0.15, 0.2) is 42.5 Å². The zero-order valence-electron chi connectivity index (χ0n) is 9.16. The SMILES string of the molecule is C=C(C)[CH]CC(CC)c1ccccc1. The molecule has 0 fully saturated rings. The van der Waals surface area contributed by atoms with E-state index in [-0.39, 0.29) is 0 Å². The monoisotopic (exact) mass is 187 g/mol. The van der Waals surface area contributed by atoms with E-state index >= 15 is 0 Å². The molecule has 14 heavy (non-hydrogen) atoms. The van der Waals surface area contributed by atoms with Crippen LogP contribution in [0.2, 0.25) is 0 Å². The Bertz CT molecular complexity index is 271. The molecule has 0 heterocycles. The van der Waals surface area contributed by atoms with Gasteiger partial charge in [0, 0.05) is 0 Å². The minimum absolute atomic E-state index is 0.646. The lowest BCUT2D eigenvalue weighted by molar-refractivity contribution is 0.656. The maximum absolute atomic E-state index is 3.90. The molecular formula is C14H19. The first kappa shape index (κ1) is 11.0. The molecule has 75 valence electrons. The van der Waals surface area contributed by atoms with Gasteiger partial charge in [-0.3, -0.25) is 0 Å². The average molecular weight is 187 g/mol. The van der Waals surface area contributed by atoms with Crippen molar-refractivity contribution in [1.82, 2.24) is 0 Å². The largest absolute Gasteiger partial charge is 0.0998 e. The van der Waals surface area contributed by atoms with Gasteiger partial charge in [-0.05, 0) is 37.7 Å². The van der Waals surface area contributed by atoms with Crippen molar-refractivity contribution in [2.75, 3.05) is 0 Å². The second kappa shape index (κ2) is 5.64. The number of rotatable bonds is 5. The van der Waals surface area contributed by atoms with Crippen molar-refractivity contribution < 1.29 is 0 Å². The van der Waals surface area contributed by atoms with Crippen LogP contribution in [0, 0.1) is 6.42 Å². The van der Waals surface area contributed by atoms with E-state index in [1.165, 1.54) is 17.6 Å². The van der Waals surface area contributed by atoms with Gasteiger partial charge in [0.1, 0.15) is 0 Å². The summed E-state index contributed by atoms with van der Waals surface area (Å²) in [6.45, 7) is 8.19. The molecule has 1 unspecified atom stereocenters. The summed E-state index contributed by atoms with van der Waals surface area (Å²) in [5.74, 6) is 0.646. The lowest BCUT2D eigenvalue weighted by atomic mass is 9.91. The first-order valence-corrected chi connectivity index (χ1v) is 5.27. The Morgan fingerprint density at radius 1 is 1.36 bits per heavy atom. The molecular weight excluding hydrogens is 168 g/mol. The van der Waals surface area contributed by atoms with E-state index in [4.69, 9.17) is 0 Å². The minimum atomic E-state index is 0.646. The molecule has 0 aromatic heterocycles. The van der Waals surface area contributed by atoms with E-state index in [0.717, 1.165) is 6.42 Å². The third kappa shape index (κ3) is 3.37. The Labute approximate surface area is 87.7 Å². The van der Waals surface area contributed by atoms with E-state index < -0.39 is 0 Å².